The minimum Gasteiger partial charge on any atom is -0.487 e. The molecule has 168 valence electrons. The Labute approximate surface area is 204 Å². The zero-order valence-corrected chi connectivity index (χ0v) is 20.6. The summed E-state index contributed by atoms with van der Waals surface area (Å²) < 4.78 is 32.5. The number of amides is 1. The first kappa shape index (κ1) is 24.4. The van der Waals surface area contributed by atoms with E-state index in [9.17, 15) is 18.4 Å². The standard InChI is InChI=1S/C22H17Br2ClF2N2O3/c1-28-21(31)22(23,24)15-4-2-3-13(9-15)11-29-8-7-18(19(25)20(29)30)32-12-14-5-6-16(26)10-17(14)27/h2-10H,11-12H2,1H3,(H,28,31). The van der Waals surface area contributed by atoms with Crippen LogP contribution in [0.5, 0.6) is 5.75 Å². The van der Waals surface area contributed by atoms with Crippen LogP contribution in [0.1, 0.15) is 16.7 Å². The summed E-state index contributed by atoms with van der Waals surface area (Å²) in [5.41, 5.74) is 1.04. The van der Waals surface area contributed by atoms with Gasteiger partial charge in [-0.15, -0.1) is 0 Å². The number of rotatable bonds is 7. The average molecular weight is 591 g/mol. The Bertz CT molecular complexity index is 1220. The Morgan fingerprint density at radius 3 is 2.62 bits per heavy atom. The molecule has 3 rings (SSSR count). The van der Waals surface area contributed by atoms with Crippen LogP contribution >= 0.6 is 43.5 Å². The van der Waals surface area contributed by atoms with E-state index in [0.29, 0.717) is 5.56 Å². The number of ether oxygens (including phenoxy) is 1. The van der Waals surface area contributed by atoms with Crippen LogP contribution in [0, 0.1) is 11.6 Å². The molecule has 10 heteroatoms. The summed E-state index contributed by atoms with van der Waals surface area (Å²) in [7, 11) is 1.53. The molecule has 1 aromatic heterocycles. The second-order valence-corrected chi connectivity index (χ2v) is 10.6. The van der Waals surface area contributed by atoms with Crippen LogP contribution in [0.3, 0.4) is 0 Å². The van der Waals surface area contributed by atoms with Crippen molar-refractivity contribution in [1.82, 2.24) is 9.88 Å². The quantitative estimate of drug-likeness (QED) is 0.390. The number of nitrogens with one attached hydrogen (secondary N) is 1. The Morgan fingerprint density at radius 1 is 1.19 bits per heavy atom. The number of hydrogen-bond donors (Lipinski definition) is 1. The number of likely N-dealkylation sites (N-methyl/N-ethyl adjacent to an activating group) is 1. The molecule has 5 nitrogen and oxygen atoms in total. The van der Waals surface area contributed by atoms with Gasteiger partial charge in [-0.2, -0.15) is 0 Å². The van der Waals surface area contributed by atoms with Gasteiger partial charge in [0.25, 0.3) is 11.5 Å². The highest BCUT2D eigenvalue weighted by Crippen LogP contribution is 2.38. The number of carbonyl (C=O) groups is 1. The molecule has 0 saturated heterocycles. The topological polar surface area (TPSA) is 60.3 Å². The number of hydrogen-bond acceptors (Lipinski definition) is 3. The minimum absolute atomic E-state index is 0.0879. The van der Waals surface area contributed by atoms with Crippen LogP contribution in [-0.4, -0.2) is 17.5 Å². The largest absolute Gasteiger partial charge is 0.487 e. The van der Waals surface area contributed by atoms with Crippen molar-refractivity contribution in [2.45, 2.75) is 16.4 Å². The number of halogens is 5. The number of aromatic nitrogens is 1. The third-order valence-corrected chi connectivity index (χ3v) is 6.61. The molecule has 0 aliphatic carbocycles. The molecule has 0 aliphatic rings. The van der Waals surface area contributed by atoms with Crippen molar-refractivity contribution in [1.29, 1.82) is 0 Å². The second-order valence-electron chi connectivity index (χ2n) is 6.81. The summed E-state index contributed by atoms with van der Waals surface area (Å²) in [4.78, 5) is 24.8. The average Bonchev–Trinajstić information content (AvgIpc) is 2.77. The summed E-state index contributed by atoms with van der Waals surface area (Å²) in [6, 6.07) is 11.8. The Morgan fingerprint density at radius 2 is 1.94 bits per heavy atom. The number of pyridine rings is 1. The second kappa shape index (κ2) is 10.1. The lowest BCUT2D eigenvalue weighted by atomic mass is 10.1. The summed E-state index contributed by atoms with van der Waals surface area (Å²) >= 11 is 12.9. The predicted octanol–water partition coefficient (Wildman–Crippen LogP) is 5.10. The van der Waals surface area contributed by atoms with Crippen LogP contribution in [0.4, 0.5) is 8.78 Å². The SMILES string of the molecule is CNC(=O)C(Br)(Br)c1cccc(Cn2ccc(OCc3ccc(F)cc3F)c(Cl)c2=O)c1. The van der Waals surface area contributed by atoms with Gasteiger partial charge in [-0.25, -0.2) is 8.78 Å². The van der Waals surface area contributed by atoms with Crippen molar-refractivity contribution in [2.75, 3.05) is 7.05 Å². The molecule has 0 spiro atoms. The van der Waals surface area contributed by atoms with Gasteiger partial charge in [0.05, 0.1) is 6.54 Å². The first-order chi connectivity index (χ1) is 15.1. The van der Waals surface area contributed by atoms with E-state index in [0.717, 1.165) is 17.7 Å². The van der Waals surface area contributed by atoms with Gasteiger partial charge in [0.15, 0.2) is 3.23 Å². The Hall–Kier alpha value is -2.23. The van der Waals surface area contributed by atoms with Crippen LogP contribution in [0.15, 0.2) is 59.5 Å². The maximum Gasteiger partial charge on any atom is 0.273 e. The van der Waals surface area contributed by atoms with E-state index in [4.69, 9.17) is 16.3 Å². The van der Waals surface area contributed by atoms with Crippen molar-refractivity contribution >= 4 is 49.4 Å². The predicted molar refractivity (Wildman–Crippen MR) is 126 cm³/mol. The maximum atomic E-state index is 13.8. The summed E-state index contributed by atoms with van der Waals surface area (Å²) in [6.07, 6.45) is 1.51. The molecule has 1 N–H and O–H groups in total. The van der Waals surface area contributed by atoms with Gasteiger partial charge >= 0.3 is 0 Å². The third-order valence-electron chi connectivity index (χ3n) is 4.62. The van der Waals surface area contributed by atoms with E-state index in [1.165, 1.54) is 29.9 Å². The first-order valence-electron chi connectivity index (χ1n) is 9.28. The van der Waals surface area contributed by atoms with Gasteiger partial charge in [0, 0.05) is 24.9 Å². The first-order valence-corrected chi connectivity index (χ1v) is 11.2. The maximum absolute atomic E-state index is 13.8. The van der Waals surface area contributed by atoms with E-state index in [-0.39, 0.29) is 35.4 Å². The molecule has 0 fully saturated rings. The van der Waals surface area contributed by atoms with Gasteiger partial charge in [0.2, 0.25) is 0 Å². The lowest BCUT2D eigenvalue weighted by Gasteiger charge is -2.20. The molecular weight excluding hydrogens is 574 g/mol. The summed E-state index contributed by atoms with van der Waals surface area (Å²) in [5, 5.41) is 2.40. The van der Waals surface area contributed by atoms with Gasteiger partial charge in [-0.05, 0) is 29.3 Å². The molecule has 0 aliphatic heterocycles. The third kappa shape index (κ3) is 5.39. The highest BCUT2D eigenvalue weighted by Gasteiger charge is 2.33. The van der Waals surface area contributed by atoms with Crippen molar-refractivity contribution in [3.8, 4) is 5.75 Å². The van der Waals surface area contributed by atoms with Crippen LogP contribution in [0.2, 0.25) is 5.02 Å². The Balaban J connectivity index is 1.79. The van der Waals surface area contributed by atoms with Gasteiger partial charge in [-0.1, -0.05) is 67.7 Å². The van der Waals surface area contributed by atoms with Crippen LogP contribution in [0.25, 0.3) is 0 Å². The van der Waals surface area contributed by atoms with E-state index in [1.54, 1.807) is 18.2 Å². The summed E-state index contributed by atoms with van der Waals surface area (Å²) in [6.45, 7) is -0.0154. The lowest BCUT2D eigenvalue weighted by molar-refractivity contribution is -0.120. The van der Waals surface area contributed by atoms with Gasteiger partial charge in [-0.3, -0.25) is 9.59 Å². The molecule has 0 radical (unpaired) electrons. The van der Waals surface area contributed by atoms with Gasteiger partial charge < -0.3 is 14.6 Å². The monoisotopic (exact) mass is 588 g/mol. The number of alkyl halides is 2. The van der Waals surface area contributed by atoms with Crippen LogP contribution in [-0.2, 0) is 21.2 Å². The molecular formula is C22H17Br2ClF2N2O3. The van der Waals surface area contributed by atoms with Crippen LogP contribution < -0.4 is 15.6 Å². The zero-order chi connectivity index (χ0) is 23.5. The molecule has 32 heavy (non-hydrogen) atoms. The van der Waals surface area contributed by atoms with E-state index in [2.05, 4.69) is 37.2 Å². The van der Waals surface area contributed by atoms with Gasteiger partial charge in [0.1, 0.15) is 29.0 Å². The molecule has 1 heterocycles. The van der Waals surface area contributed by atoms with Crippen molar-refractivity contribution in [3.63, 3.8) is 0 Å². The molecule has 3 aromatic rings. The van der Waals surface area contributed by atoms with E-state index in [1.807, 2.05) is 6.07 Å². The smallest absolute Gasteiger partial charge is 0.273 e. The zero-order valence-electron chi connectivity index (χ0n) is 16.7. The molecule has 2 aromatic carbocycles. The molecule has 0 atom stereocenters. The summed E-state index contributed by atoms with van der Waals surface area (Å²) in [5.74, 6) is -1.64. The van der Waals surface area contributed by atoms with Crippen molar-refractivity contribution < 1.29 is 18.3 Å². The van der Waals surface area contributed by atoms with E-state index < -0.39 is 20.4 Å². The number of benzene rings is 2. The van der Waals surface area contributed by atoms with Crippen molar-refractivity contribution in [2.24, 2.45) is 0 Å². The molecule has 0 saturated carbocycles. The molecule has 1 amide bonds. The fourth-order valence-corrected chi connectivity index (χ4v) is 4.03. The number of carbonyl (C=O) groups excluding carboxylic acids is 1. The fraction of sp³-hybridized carbons (Fsp3) is 0.182. The molecule has 0 unspecified atom stereocenters. The normalized spacial score (nSPS) is 11.3. The van der Waals surface area contributed by atoms with E-state index >= 15 is 0 Å². The number of nitrogens with zero attached hydrogens (tertiary/aromatic N) is 1. The minimum atomic E-state index is -1.11. The lowest BCUT2D eigenvalue weighted by Crippen LogP contribution is -2.33. The highest BCUT2D eigenvalue weighted by atomic mass is 79.9. The fourth-order valence-electron chi connectivity index (χ4n) is 2.91. The molecule has 0 bridgehead atoms. The Kier molecular flexibility index (Phi) is 7.74. The highest BCUT2D eigenvalue weighted by molar-refractivity contribution is 9.25. The van der Waals surface area contributed by atoms with Crippen molar-refractivity contribution in [3.05, 3.63) is 98.4 Å².